The van der Waals surface area contributed by atoms with Crippen LogP contribution in [0.15, 0.2) is 46.9 Å². The van der Waals surface area contributed by atoms with Gasteiger partial charge in [0.15, 0.2) is 0 Å². The van der Waals surface area contributed by atoms with E-state index >= 15 is 0 Å². The van der Waals surface area contributed by atoms with Crippen LogP contribution in [0.4, 0.5) is 0 Å². The average molecular weight is 369 g/mol. The number of hydrazone groups is 1. The van der Waals surface area contributed by atoms with Crippen LogP contribution in [0.25, 0.3) is 0 Å². The van der Waals surface area contributed by atoms with Crippen molar-refractivity contribution >= 4 is 17.0 Å². The fraction of sp³-hybridized carbons (Fsp3) is 0.476. The van der Waals surface area contributed by atoms with E-state index in [-0.39, 0.29) is 5.72 Å². The number of piperidine rings is 1. The second-order valence-electron chi connectivity index (χ2n) is 7.99. The molecule has 0 bridgehead atoms. The molecule has 1 saturated heterocycles. The van der Waals surface area contributed by atoms with Gasteiger partial charge in [0.1, 0.15) is 5.75 Å². The van der Waals surface area contributed by atoms with Gasteiger partial charge in [-0.25, -0.2) is 5.01 Å². The number of hydrogen-bond donors (Lipinski definition) is 1. The summed E-state index contributed by atoms with van der Waals surface area (Å²) in [6, 6.07) is 13.8. The second-order valence-corrected chi connectivity index (χ2v) is 8.94. The molecule has 1 spiro atoms. The zero-order chi connectivity index (χ0) is 17.7. The van der Waals surface area contributed by atoms with E-state index in [1.807, 2.05) is 0 Å². The number of para-hydroxylation sites is 1. The molecule has 3 aliphatic rings. The molecule has 0 radical (unpaired) electrons. The van der Waals surface area contributed by atoms with Gasteiger partial charge in [-0.1, -0.05) is 24.3 Å². The van der Waals surface area contributed by atoms with E-state index in [0.717, 1.165) is 38.1 Å². The molecule has 4 nitrogen and oxygen atoms in total. The van der Waals surface area contributed by atoms with Gasteiger partial charge in [-0.15, -0.1) is 11.3 Å². The van der Waals surface area contributed by atoms with Gasteiger partial charge >= 0.3 is 0 Å². The third-order valence-electron chi connectivity index (χ3n) is 6.20. The highest BCUT2D eigenvalue weighted by molar-refractivity contribution is 7.12. The van der Waals surface area contributed by atoms with Crippen LogP contribution < -0.4 is 9.64 Å². The number of thiophene rings is 1. The van der Waals surface area contributed by atoms with Gasteiger partial charge in [-0.3, -0.25) is 0 Å². The lowest BCUT2D eigenvalue weighted by molar-refractivity contribution is -0.929. The average Bonchev–Trinajstić information content (AvgIpc) is 3.32. The summed E-state index contributed by atoms with van der Waals surface area (Å²) >= 11 is 1.78. The molecule has 1 atom stereocenters. The summed E-state index contributed by atoms with van der Waals surface area (Å²) in [5.74, 6) is 1.06. The highest BCUT2D eigenvalue weighted by Crippen LogP contribution is 2.49. The monoisotopic (exact) mass is 368 g/mol. The summed E-state index contributed by atoms with van der Waals surface area (Å²) in [6.07, 6.45) is 3.04. The molecule has 3 aliphatic heterocycles. The first kappa shape index (κ1) is 16.3. The summed E-state index contributed by atoms with van der Waals surface area (Å²) < 4.78 is 6.68. The second kappa shape index (κ2) is 6.10. The molecule has 1 fully saturated rings. The lowest BCUT2D eigenvalue weighted by Gasteiger charge is -2.50. The normalized spacial score (nSPS) is 30.1. The van der Waals surface area contributed by atoms with Gasteiger partial charge < -0.3 is 9.64 Å². The highest BCUT2D eigenvalue weighted by Gasteiger charge is 2.53. The molecule has 0 unspecified atom stereocenters. The first-order valence-electron chi connectivity index (χ1n) is 9.69. The minimum absolute atomic E-state index is 0.281. The van der Waals surface area contributed by atoms with E-state index in [4.69, 9.17) is 9.84 Å². The zero-order valence-corrected chi connectivity index (χ0v) is 16.3. The Bertz CT molecular complexity index is 822. The molecule has 0 saturated carbocycles. The van der Waals surface area contributed by atoms with E-state index in [9.17, 15) is 0 Å². The Morgan fingerprint density at radius 3 is 2.73 bits per heavy atom. The van der Waals surface area contributed by atoms with Crippen LogP contribution in [-0.4, -0.2) is 35.6 Å². The third kappa shape index (κ3) is 2.48. The molecule has 2 aromatic rings. The van der Waals surface area contributed by atoms with Crippen molar-refractivity contribution in [3.8, 4) is 5.75 Å². The summed E-state index contributed by atoms with van der Waals surface area (Å²) in [6.45, 7) is 6.92. The lowest BCUT2D eigenvalue weighted by atomic mass is 9.91. The minimum atomic E-state index is -0.281. The quantitative estimate of drug-likeness (QED) is 0.883. The van der Waals surface area contributed by atoms with Gasteiger partial charge in [-0.05, 0) is 31.4 Å². The van der Waals surface area contributed by atoms with Crippen molar-refractivity contribution in [1.29, 1.82) is 0 Å². The zero-order valence-electron chi connectivity index (χ0n) is 15.4. The lowest BCUT2D eigenvalue weighted by Crippen LogP contribution is -3.16. The Balaban J connectivity index is 1.53. The van der Waals surface area contributed by atoms with Crippen molar-refractivity contribution in [1.82, 2.24) is 5.01 Å². The molecular weight excluding hydrogens is 342 g/mol. The molecule has 0 aliphatic carbocycles. The number of rotatable bonds is 2. The van der Waals surface area contributed by atoms with Crippen molar-refractivity contribution < 1.29 is 9.64 Å². The molecule has 136 valence electrons. The number of nitrogens with one attached hydrogen (secondary N) is 1. The van der Waals surface area contributed by atoms with Gasteiger partial charge in [0.25, 0.3) is 0 Å². The van der Waals surface area contributed by atoms with Crippen LogP contribution in [0.5, 0.6) is 5.75 Å². The standard InChI is InChI=1S/C21H25N3OS/c1-15(2)23-11-9-21(10-12-23)24-18(16-6-3-4-7-19(16)25-21)14-17(22-24)20-8-5-13-26-20/h3-8,13,15,18H,9-12,14H2,1-2H3/p+1/t18-/m0/s1. The third-order valence-corrected chi connectivity index (χ3v) is 7.12. The molecule has 5 heteroatoms. The summed E-state index contributed by atoms with van der Waals surface area (Å²) in [4.78, 5) is 2.97. The summed E-state index contributed by atoms with van der Waals surface area (Å²) in [5, 5.41) is 9.58. The number of benzene rings is 1. The first-order valence-corrected chi connectivity index (χ1v) is 10.6. The van der Waals surface area contributed by atoms with Gasteiger partial charge in [-0.2, -0.15) is 5.10 Å². The van der Waals surface area contributed by atoms with Crippen molar-refractivity contribution in [2.24, 2.45) is 5.10 Å². The Morgan fingerprint density at radius 1 is 1.19 bits per heavy atom. The van der Waals surface area contributed by atoms with E-state index in [1.54, 1.807) is 16.2 Å². The van der Waals surface area contributed by atoms with Crippen LogP contribution in [-0.2, 0) is 0 Å². The summed E-state index contributed by atoms with van der Waals surface area (Å²) in [5.41, 5.74) is 2.21. The van der Waals surface area contributed by atoms with E-state index in [1.165, 1.54) is 16.2 Å². The number of quaternary nitrogens is 1. The number of hydrogen-bond acceptors (Lipinski definition) is 4. The molecule has 1 N–H and O–H groups in total. The molecular formula is C21H26N3OS+. The van der Waals surface area contributed by atoms with Gasteiger partial charge in [0.2, 0.25) is 5.72 Å². The number of likely N-dealkylation sites (tertiary alicyclic amines) is 1. The number of fused-ring (bicyclic) bond motifs is 4. The predicted octanol–water partition coefficient (Wildman–Crippen LogP) is 3.08. The first-order chi connectivity index (χ1) is 12.7. The largest absolute Gasteiger partial charge is 0.466 e. The van der Waals surface area contributed by atoms with Crippen LogP contribution in [0.3, 0.4) is 0 Å². The predicted molar refractivity (Wildman–Crippen MR) is 105 cm³/mol. The van der Waals surface area contributed by atoms with Crippen LogP contribution >= 0.6 is 11.3 Å². The Labute approximate surface area is 159 Å². The van der Waals surface area contributed by atoms with Crippen LogP contribution in [0.2, 0.25) is 0 Å². The minimum Gasteiger partial charge on any atom is -0.466 e. The summed E-state index contributed by atoms with van der Waals surface area (Å²) in [7, 11) is 0. The molecule has 4 heterocycles. The maximum atomic E-state index is 6.68. The number of nitrogens with zero attached hydrogens (tertiary/aromatic N) is 2. The van der Waals surface area contributed by atoms with E-state index in [2.05, 4.69) is 60.6 Å². The Hall–Kier alpha value is -1.85. The van der Waals surface area contributed by atoms with E-state index in [0.29, 0.717) is 12.1 Å². The SMILES string of the molecule is CC(C)[NH+]1CCC2(CC1)Oc1ccccc1[C@@H]1CC(c3cccs3)=NN12. The maximum Gasteiger partial charge on any atom is 0.208 e. The molecule has 5 rings (SSSR count). The molecule has 26 heavy (non-hydrogen) atoms. The Morgan fingerprint density at radius 2 is 2.00 bits per heavy atom. The van der Waals surface area contributed by atoms with Crippen molar-refractivity contribution in [3.05, 3.63) is 52.2 Å². The number of ether oxygens (including phenoxy) is 1. The smallest absolute Gasteiger partial charge is 0.208 e. The van der Waals surface area contributed by atoms with E-state index < -0.39 is 0 Å². The van der Waals surface area contributed by atoms with Crippen molar-refractivity contribution in [3.63, 3.8) is 0 Å². The maximum absolute atomic E-state index is 6.68. The topological polar surface area (TPSA) is 29.3 Å². The fourth-order valence-corrected chi connectivity index (χ4v) is 5.41. The van der Waals surface area contributed by atoms with Crippen LogP contribution in [0.1, 0.15) is 49.6 Å². The van der Waals surface area contributed by atoms with Gasteiger partial charge in [0, 0.05) is 12.0 Å². The fourth-order valence-electron chi connectivity index (χ4n) is 4.69. The van der Waals surface area contributed by atoms with Crippen LogP contribution in [0, 0.1) is 0 Å². The Kier molecular flexibility index (Phi) is 3.83. The molecule has 0 amide bonds. The van der Waals surface area contributed by atoms with Crippen molar-refractivity contribution in [2.75, 3.05) is 13.1 Å². The highest BCUT2D eigenvalue weighted by atomic mass is 32.1. The van der Waals surface area contributed by atoms with Crippen molar-refractivity contribution in [2.45, 2.75) is 50.9 Å². The molecule has 1 aromatic heterocycles. The molecule has 1 aromatic carbocycles. The van der Waals surface area contributed by atoms with Gasteiger partial charge in [0.05, 0.1) is 48.6 Å².